The Morgan fingerprint density at radius 3 is 2.64 bits per heavy atom. The first-order valence-corrected chi connectivity index (χ1v) is 8.18. The summed E-state index contributed by atoms with van der Waals surface area (Å²) >= 11 is 0. The molecule has 0 spiro atoms. The van der Waals surface area contributed by atoms with Gasteiger partial charge >= 0.3 is 5.97 Å². The van der Waals surface area contributed by atoms with Gasteiger partial charge in [0.1, 0.15) is 0 Å². The lowest BCUT2D eigenvalue weighted by atomic mass is 10.0. The molecule has 1 fully saturated rings. The number of aryl methyl sites for hydroxylation is 2. The number of nitrogens with zero attached hydrogens (tertiary/aromatic N) is 2. The van der Waals surface area contributed by atoms with Crippen LogP contribution >= 0.6 is 0 Å². The van der Waals surface area contributed by atoms with Gasteiger partial charge in [0.05, 0.1) is 11.1 Å². The molecule has 22 heavy (non-hydrogen) atoms. The normalized spacial score (nSPS) is 15.7. The Balaban J connectivity index is 2.01. The van der Waals surface area contributed by atoms with Crippen molar-refractivity contribution in [2.75, 3.05) is 19.6 Å². The second-order valence-electron chi connectivity index (χ2n) is 6.25. The third kappa shape index (κ3) is 2.75. The van der Waals surface area contributed by atoms with Crippen molar-refractivity contribution in [3.63, 3.8) is 0 Å². The van der Waals surface area contributed by atoms with Gasteiger partial charge in [-0.3, -0.25) is 0 Å². The van der Waals surface area contributed by atoms with Crippen LogP contribution in [0.25, 0.3) is 10.9 Å². The van der Waals surface area contributed by atoms with E-state index in [9.17, 15) is 9.90 Å². The first kappa shape index (κ1) is 15.1. The van der Waals surface area contributed by atoms with Gasteiger partial charge in [-0.05, 0) is 69.5 Å². The Morgan fingerprint density at radius 1 is 1.27 bits per heavy atom. The molecule has 0 radical (unpaired) electrons. The molecular weight excluding hydrogens is 276 g/mol. The van der Waals surface area contributed by atoms with E-state index in [4.69, 9.17) is 0 Å². The van der Waals surface area contributed by atoms with Crippen LogP contribution in [0.4, 0.5) is 0 Å². The molecule has 1 N–H and O–H groups in total. The van der Waals surface area contributed by atoms with E-state index in [2.05, 4.69) is 28.7 Å². The number of likely N-dealkylation sites (tertiary alicyclic amines) is 1. The summed E-state index contributed by atoms with van der Waals surface area (Å²) in [6, 6.07) is 3.91. The topological polar surface area (TPSA) is 45.5 Å². The molecule has 0 amide bonds. The Morgan fingerprint density at radius 2 is 2.00 bits per heavy atom. The molecule has 118 valence electrons. The standard InChI is InChI=1S/C18H24N2O2/c1-3-20-12-14(6-9-19-7-4-5-8-19)15-10-13(2)11-16(17(15)20)18(21)22/h10-12H,3-9H2,1-2H3,(H,21,22). The maximum atomic E-state index is 11.6. The van der Waals surface area contributed by atoms with Gasteiger partial charge in [0.25, 0.3) is 0 Å². The summed E-state index contributed by atoms with van der Waals surface area (Å²) in [5, 5.41) is 10.6. The largest absolute Gasteiger partial charge is 0.478 e. The van der Waals surface area contributed by atoms with E-state index in [1.165, 1.54) is 31.5 Å². The van der Waals surface area contributed by atoms with E-state index in [-0.39, 0.29) is 0 Å². The van der Waals surface area contributed by atoms with Crippen LogP contribution in [0.1, 0.15) is 41.3 Å². The van der Waals surface area contributed by atoms with Crippen LogP contribution < -0.4 is 0 Å². The molecule has 0 bridgehead atoms. The molecule has 1 aromatic heterocycles. The van der Waals surface area contributed by atoms with Crippen LogP contribution in [-0.4, -0.2) is 40.2 Å². The minimum absolute atomic E-state index is 0.421. The minimum Gasteiger partial charge on any atom is -0.478 e. The smallest absolute Gasteiger partial charge is 0.337 e. The fraction of sp³-hybridized carbons (Fsp3) is 0.500. The van der Waals surface area contributed by atoms with Crippen molar-refractivity contribution in [3.05, 3.63) is 35.0 Å². The van der Waals surface area contributed by atoms with Gasteiger partial charge in [0.15, 0.2) is 0 Å². The van der Waals surface area contributed by atoms with Crippen LogP contribution in [0.2, 0.25) is 0 Å². The third-order valence-electron chi connectivity index (χ3n) is 4.67. The second kappa shape index (κ2) is 6.13. The minimum atomic E-state index is -0.840. The van der Waals surface area contributed by atoms with E-state index >= 15 is 0 Å². The lowest BCUT2D eigenvalue weighted by molar-refractivity contribution is 0.0698. The zero-order valence-corrected chi connectivity index (χ0v) is 13.4. The summed E-state index contributed by atoms with van der Waals surface area (Å²) in [6.07, 6.45) is 5.75. The molecule has 1 saturated heterocycles. The second-order valence-corrected chi connectivity index (χ2v) is 6.25. The zero-order valence-electron chi connectivity index (χ0n) is 13.4. The van der Waals surface area contributed by atoms with Crippen molar-refractivity contribution in [2.45, 2.75) is 39.7 Å². The molecular formula is C18H24N2O2. The molecule has 2 aromatic rings. The summed E-state index contributed by atoms with van der Waals surface area (Å²) in [5.41, 5.74) is 3.58. The molecule has 4 heteroatoms. The summed E-state index contributed by atoms with van der Waals surface area (Å²) in [5.74, 6) is -0.840. The Kier molecular flexibility index (Phi) is 4.21. The zero-order chi connectivity index (χ0) is 15.7. The van der Waals surface area contributed by atoms with E-state index < -0.39 is 5.97 Å². The molecule has 0 aliphatic carbocycles. The lowest BCUT2D eigenvalue weighted by Gasteiger charge is -2.13. The van der Waals surface area contributed by atoms with E-state index in [0.717, 1.165) is 36.0 Å². The maximum absolute atomic E-state index is 11.6. The van der Waals surface area contributed by atoms with Gasteiger partial charge in [-0.25, -0.2) is 4.79 Å². The highest BCUT2D eigenvalue weighted by molar-refractivity contribution is 6.03. The highest BCUT2D eigenvalue weighted by Gasteiger charge is 2.18. The van der Waals surface area contributed by atoms with Crippen molar-refractivity contribution in [1.82, 2.24) is 9.47 Å². The van der Waals surface area contributed by atoms with Gasteiger partial charge in [-0.1, -0.05) is 0 Å². The van der Waals surface area contributed by atoms with Crippen LogP contribution in [-0.2, 0) is 13.0 Å². The number of carboxylic acid groups (broad SMARTS) is 1. The fourth-order valence-electron chi connectivity index (χ4n) is 3.55. The molecule has 1 aliphatic heterocycles. The van der Waals surface area contributed by atoms with E-state index in [1.54, 1.807) is 6.07 Å². The third-order valence-corrected chi connectivity index (χ3v) is 4.67. The van der Waals surface area contributed by atoms with Gasteiger partial charge in [-0.2, -0.15) is 0 Å². The van der Waals surface area contributed by atoms with Gasteiger partial charge in [0, 0.05) is 24.7 Å². The average Bonchev–Trinajstić information content (AvgIpc) is 3.11. The van der Waals surface area contributed by atoms with Gasteiger partial charge in [0.2, 0.25) is 0 Å². The van der Waals surface area contributed by atoms with E-state index in [0.29, 0.717) is 5.56 Å². The van der Waals surface area contributed by atoms with Crippen LogP contribution in [0, 0.1) is 6.92 Å². The Labute approximate surface area is 131 Å². The van der Waals surface area contributed by atoms with Gasteiger partial charge in [-0.15, -0.1) is 0 Å². The van der Waals surface area contributed by atoms with Crippen molar-refractivity contribution >= 4 is 16.9 Å². The number of carboxylic acids is 1. The molecule has 3 rings (SSSR count). The van der Waals surface area contributed by atoms with Crippen molar-refractivity contribution in [1.29, 1.82) is 0 Å². The van der Waals surface area contributed by atoms with Crippen molar-refractivity contribution in [2.24, 2.45) is 0 Å². The van der Waals surface area contributed by atoms with Gasteiger partial charge < -0.3 is 14.6 Å². The monoisotopic (exact) mass is 300 g/mol. The summed E-state index contributed by atoms with van der Waals surface area (Å²) in [7, 11) is 0. The highest BCUT2D eigenvalue weighted by Crippen LogP contribution is 2.27. The number of aromatic nitrogens is 1. The molecule has 2 heterocycles. The molecule has 4 nitrogen and oxygen atoms in total. The first-order chi connectivity index (χ1) is 10.6. The fourth-order valence-corrected chi connectivity index (χ4v) is 3.55. The first-order valence-electron chi connectivity index (χ1n) is 8.18. The van der Waals surface area contributed by atoms with E-state index in [1.807, 2.05) is 6.92 Å². The molecule has 0 atom stereocenters. The molecule has 1 aromatic carbocycles. The van der Waals surface area contributed by atoms with Crippen LogP contribution in [0.15, 0.2) is 18.3 Å². The molecule has 1 aliphatic rings. The number of benzene rings is 1. The maximum Gasteiger partial charge on any atom is 0.337 e. The highest BCUT2D eigenvalue weighted by atomic mass is 16.4. The summed E-state index contributed by atoms with van der Waals surface area (Å²) in [4.78, 5) is 14.1. The number of carbonyl (C=O) groups is 1. The SMILES string of the molecule is CCn1cc(CCN2CCCC2)c2cc(C)cc(C(=O)O)c21. The Hall–Kier alpha value is -1.81. The summed E-state index contributed by atoms with van der Waals surface area (Å²) in [6.45, 7) is 8.30. The predicted octanol–water partition coefficient (Wildman–Crippen LogP) is 3.31. The molecule has 0 saturated carbocycles. The number of hydrogen-bond acceptors (Lipinski definition) is 2. The number of fused-ring (bicyclic) bond motifs is 1. The lowest BCUT2D eigenvalue weighted by Crippen LogP contribution is -2.21. The Bertz CT molecular complexity index is 697. The number of hydrogen-bond donors (Lipinski definition) is 1. The predicted molar refractivity (Wildman–Crippen MR) is 88.7 cm³/mol. The van der Waals surface area contributed by atoms with Crippen molar-refractivity contribution < 1.29 is 9.90 Å². The van der Waals surface area contributed by atoms with Crippen molar-refractivity contribution in [3.8, 4) is 0 Å². The quantitative estimate of drug-likeness (QED) is 0.921. The average molecular weight is 300 g/mol. The summed E-state index contributed by atoms with van der Waals surface area (Å²) < 4.78 is 2.08. The number of rotatable bonds is 5. The van der Waals surface area contributed by atoms with Crippen LogP contribution in [0.3, 0.4) is 0 Å². The molecule has 0 unspecified atom stereocenters. The van der Waals surface area contributed by atoms with Crippen LogP contribution in [0.5, 0.6) is 0 Å². The number of aromatic carboxylic acids is 1.